The molecule has 0 bridgehead atoms. The van der Waals surface area contributed by atoms with Gasteiger partial charge >= 0.3 is 0 Å². The van der Waals surface area contributed by atoms with Gasteiger partial charge in [0.15, 0.2) is 0 Å². The Hall–Kier alpha value is -1.30. The van der Waals surface area contributed by atoms with Gasteiger partial charge in [-0.15, -0.1) is 0 Å². The predicted molar refractivity (Wildman–Crippen MR) is 78.9 cm³/mol. The van der Waals surface area contributed by atoms with E-state index in [0.717, 1.165) is 17.9 Å². The van der Waals surface area contributed by atoms with E-state index in [4.69, 9.17) is 5.26 Å². The first-order valence-corrected chi connectivity index (χ1v) is 7.71. The summed E-state index contributed by atoms with van der Waals surface area (Å²) in [5, 5.41) is 8.83. The molecule has 0 spiro atoms. The van der Waals surface area contributed by atoms with Crippen LogP contribution in [0.5, 0.6) is 0 Å². The van der Waals surface area contributed by atoms with Gasteiger partial charge in [0.25, 0.3) is 0 Å². The van der Waals surface area contributed by atoms with Gasteiger partial charge in [-0.1, -0.05) is 51.9 Å². The third-order valence-electron chi connectivity index (χ3n) is 3.58. The Kier molecular flexibility index (Phi) is 7.97. The van der Waals surface area contributed by atoms with Gasteiger partial charge < -0.3 is 4.98 Å². The fourth-order valence-electron chi connectivity index (χ4n) is 2.22. The second kappa shape index (κ2) is 9.61. The van der Waals surface area contributed by atoms with Crippen molar-refractivity contribution in [3.05, 3.63) is 17.7 Å². The fourth-order valence-corrected chi connectivity index (χ4v) is 2.22. The smallest absolute Gasteiger partial charge is 0.106 e. The summed E-state index contributed by atoms with van der Waals surface area (Å²) in [6, 6.07) is 2.22. The van der Waals surface area contributed by atoms with E-state index in [2.05, 4.69) is 23.0 Å². The molecular weight excluding hydrogens is 234 g/mol. The summed E-state index contributed by atoms with van der Waals surface area (Å²) in [6.45, 7) is 4.15. The van der Waals surface area contributed by atoms with E-state index in [1.807, 2.05) is 6.92 Å². The van der Waals surface area contributed by atoms with Crippen LogP contribution in [0.2, 0.25) is 0 Å². The lowest BCUT2D eigenvalue weighted by Crippen LogP contribution is -1.92. The molecule has 3 heteroatoms. The highest BCUT2D eigenvalue weighted by molar-refractivity contribution is 5.13. The largest absolute Gasteiger partial charge is 0.345 e. The van der Waals surface area contributed by atoms with Crippen LogP contribution in [0.1, 0.15) is 82.7 Å². The topological polar surface area (TPSA) is 52.5 Å². The SMILES string of the molecule is CCCCCCCCCCc1ncc(C(C)C#N)[nH]1. The second-order valence-electron chi connectivity index (χ2n) is 5.36. The molecule has 19 heavy (non-hydrogen) atoms. The van der Waals surface area contributed by atoms with Crippen molar-refractivity contribution in [2.75, 3.05) is 0 Å². The van der Waals surface area contributed by atoms with Crippen molar-refractivity contribution in [2.24, 2.45) is 0 Å². The Balaban J connectivity index is 2.06. The van der Waals surface area contributed by atoms with Crippen LogP contribution in [0.3, 0.4) is 0 Å². The number of nitrogens with one attached hydrogen (secondary N) is 1. The molecule has 1 aromatic rings. The lowest BCUT2D eigenvalue weighted by molar-refractivity contribution is 0.572. The fraction of sp³-hybridized carbons (Fsp3) is 0.750. The molecule has 1 unspecified atom stereocenters. The zero-order valence-electron chi connectivity index (χ0n) is 12.4. The molecule has 3 nitrogen and oxygen atoms in total. The number of hydrogen-bond donors (Lipinski definition) is 1. The van der Waals surface area contributed by atoms with Crippen LogP contribution in [0.25, 0.3) is 0 Å². The molecular formula is C16H27N3. The van der Waals surface area contributed by atoms with E-state index in [1.165, 1.54) is 51.4 Å². The Morgan fingerprint density at radius 3 is 2.42 bits per heavy atom. The average Bonchev–Trinajstić information content (AvgIpc) is 2.89. The number of imidazole rings is 1. The molecule has 0 saturated heterocycles. The van der Waals surface area contributed by atoms with Crippen molar-refractivity contribution in [1.29, 1.82) is 5.26 Å². The molecule has 0 saturated carbocycles. The van der Waals surface area contributed by atoms with Crippen LogP contribution < -0.4 is 0 Å². The number of aryl methyl sites for hydroxylation is 1. The van der Waals surface area contributed by atoms with E-state index >= 15 is 0 Å². The summed E-state index contributed by atoms with van der Waals surface area (Å²) in [4.78, 5) is 7.59. The maximum absolute atomic E-state index is 8.83. The molecule has 0 aliphatic carbocycles. The van der Waals surface area contributed by atoms with Crippen molar-refractivity contribution in [3.8, 4) is 6.07 Å². The van der Waals surface area contributed by atoms with E-state index < -0.39 is 0 Å². The van der Waals surface area contributed by atoms with Crippen LogP contribution in [-0.4, -0.2) is 9.97 Å². The molecule has 1 atom stereocenters. The molecule has 0 aliphatic rings. The zero-order chi connectivity index (χ0) is 13.9. The van der Waals surface area contributed by atoms with Gasteiger partial charge in [-0.05, 0) is 13.3 Å². The molecule has 0 amide bonds. The van der Waals surface area contributed by atoms with Crippen molar-refractivity contribution >= 4 is 0 Å². The highest BCUT2D eigenvalue weighted by Crippen LogP contribution is 2.13. The molecule has 1 N–H and O–H groups in total. The first-order chi connectivity index (χ1) is 9.27. The number of nitriles is 1. The predicted octanol–water partition coefficient (Wildman–Crippen LogP) is 4.72. The third kappa shape index (κ3) is 6.42. The van der Waals surface area contributed by atoms with Gasteiger partial charge in [-0.3, -0.25) is 0 Å². The van der Waals surface area contributed by atoms with Crippen LogP contribution in [0.4, 0.5) is 0 Å². The van der Waals surface area contributed by atoms with Crippen molar-refractivity contribution in [1.82, 2.24) is 9.97 Å². The van der Waals surface area contributed by atoms with Gasteiger partial charge in [-0.25, -0.2) is 4.98 Å². The number of aromatic nitrogens is 2. The minimum absolute atomic E-state index is 0.0835. The monoisotopic (exact) mass is 261 g/mol. The minimum atomic E-state index is -0.0835. The zero-order valence-corrected chi connectivity index (χ0v) is 12.4. The normalized spacial score (nSPS) is 12.3. The maximum atomic E-state index is 8.83. The first kappa shape index (κ1) is 15.8. The standard InChI is InChI=1S/C16H27N3/c1-3-4-5-6-7-8-9-10-11-16-18-13-15(19-16)14(2)12-17/h13-14H,3-11H2,1-2H3,(H,18,19). The van der Waals surface area contributed by atoms with Gasteiger partial charge in [-0.2, -0.15) is 5.26 Å². The van der Waals surface area contributed by atoms with Crippen molar-refractivity contribution < 1.29 is 0 Å². The van der Waals surface area contributed by atoms with Crippen molar-refractivity contribution in [2.45, 2.75) is 77.6 Å². The first-order valence-electron chi connectivity index (χ1n) is 7.71. The molecule has 0 fully saturated rings. The van der Waals surface area contributed by atoms with Crippen LogP contribution in [-0.2, 0) is 6.42 Å². The third-order valence-corrected chi connectivity index (χ3v) is 3.58. The van der Waals surface area contributed by atoms with Gasteiger partial charge in [0.05, 0.1) is 17.7 Å². The Morgan fingerprint density at radius 1 is 1.16 bits per heavy atom. The number of H-pyrrole nitrogens is 1. The van der Waals surface area contributed by atoms with E-state index in [-0.39, 0.29) is 5.92 Å². The molecule has 106 valence electrons. The number of aromatic amines is 1. The van der Waals surface area contributed by atoms with E-state index in [9.17, 15) is 0 Å². The van der Waals surface area contributed by atoms with Gasteiger partial charge in [0.1, 0.15) is 5.82 Å². The Labute approximate surface area is 117 Å². The number of hydrogen-bond acceptors (Lipinski definition) is 2. The van der Waals surface area contributed by atoms with Crippen molar-refractivity contribution in [3.63, 3.8) is 0 Å². The Morgan fingerprint density at radius 2 is 1.79 bits per heavy atom. The van der Waals surface area contributed by atoms with Crippen LogP contribution >= 0.6 is 0 Å². The molecule has 0 aromatic carbocycles. The van der Waals surface area contributed by atoms with Crippen LogP contribution in [0, 0.1) is 11.3 Å². The maximum Gasteiger partial charge on any atom is 0.106 e. The summed E-state index contributed by atoms with van der Waals surface area (Å²) >= 11 is 0. The summed E-state index contributed by atoms with van der Waals surface area (Å²) < 4.78 is 0. The molecule has 1 rings (SSSR count). The Bertz CT molecular complexity index is 376. The summed E-state index contributed by atoms with van der Waals surface area (Å²) in [5.41, 5.74) is 0.942. The highest BCUT2D eigenvalue weighted by atomic mass is 14.9. The van der Waals surface area contributed by atoms with Gasteiger partial charge in [0.2, 0.25) is 0 Å². The number of rotatable bonds is 10. The minimum Gasteiger partial charge on any atom is -0.345 e. The lowest BCUT2D eigenvalue weighted by atomic mass is 10.1. The quantitative estimate of drug-likeness (QED) is 0.619. The summed E-state index contributed by atoms with van der Waals surface area (Å²) in [5.74, 6) is 0.947. The molecule has 1 heterocycles. The van der Waals surface area contributed by atoms with E-state index in [0.29, 0.717) is 0 Å². The summed E-state index contributed by atoms with van der Waals surface area (Å²) in [7, 11) is 0. The highest BCUT2D eigenvalue weighted by Gasteiger charge is 2.07. The molecule has 1 aromatic heterocycles. The molecule has 0 aliphatic heterocycles. The van der Waals surface area contributed by atoms with E-state index in [1.54, 1.807) is 6.20 Å². The second-order valence-corrected chi connectivity index (χ2v) is 5.36. The number of unbranched alkanes of at least 4 members (excludes halogenated alkanes) is 7. The average molecular weight is 261 g/mol. The van der Waals surface area contributed by atoms with Crippen LogP contribution in [0.15, 0.2) is 6.20 Å². The lowest BCUT2D eigenvalue weighted by Gasteiger charge is -2.01. The van der Waals surface area contributed by atoms with Gasteiger partial charge in [0, 0.05) is 12.6 Å². The number of nitrogens with zero attached hydrogens (tertiary/aromatic N) is 2. The summed E-state index contributed by atoms with van der Waals surface area (Å²) in [6.07, 6.45) is 13.5. The molecule has 0 radical (unpaired) electrons.